The molecule has 1 aliphatic rings. The Morgan fingerprint density at radius 3 is 2.73 bits per heavy atom. The first-order valence-corrected chi connectivity index (χ1v) is 9.91. The molecular weight excluding hydrogens is 352 g/mol. The zero-order valence-corrected chi connectivity index (χ0v) is 15.4. The number of sulfonamides is 1. The molecule has 1 aliphatic heterocycles. The van der Waals surface area contributed by atoms with Crippen molar-refractivity contribution in [2.75, 3.05) is 13.1 Å². The van der Waals surface area contributed by atoms with E-state index in [1.165, 1.54) is 4.31 Å². The van der Waals surface area contributed by atoms with Crippen molar-refractivity contribution >= 4 is 16.1 Å². The van der Waals surface area contributed by atoms with E-state index >= 15 is 0 Å². The number of carbonyl (C=O) groups excluding carboxylic acids is 1. The number of aromatic nitrogens is 1. The van der Waals surface area contributed by atoms with Gasteiger partial charge in [-0.05, 0) is 37.1 Å². The second kappa shape index (κ2) is 7.84. The van der Waals surface area contributed by atoms with Gasteiger partial charge in [-0.15, -0.1) is 0 Å². The van der Waals surface area contributed by atoms with Crippen molar-refractivity contribution in [2.24, 2.45) is 0 Å². The molecule has 1 aromatic carbocycles. The monoisotopic (exact) mass is 374 g/mol. The van der Waals surface area contributed by atoms with E-state index in [1.54, 1.807) is 36.5 Å². The lowest BCUT2D eigenvalue weighted by molar-refractivity contribution is 0.237. The Hall–Kier alpha value is -2.45. The molecule has 2 heterocycles. The van der Waals surface area contributed by atoms with Crippen molar-refractivity contribution in [3.05, 3.63) is 59.9 Å². The van der Waals surface area contributed by atoms with Gasteiger partial charge in [-0.25, -0.2) is 13.2 Å². The van der Waals surface area contributed by atoms with Crippen LogP contribution in [0.2, 0.25) is 0 Å². The number of benzene rings is 1. The summed E-state index contributed by atoms with van der Waals surface area (Å²) in [5.41, 5.74) is 1.82. The lowest BCUT2D eigenvalue weighted by atomic mass is 10.2. The minimum atomic E-state index is -3.51. The summed E-state index contributed by atoms with van der Waals surface area (Å²) in [5.74, 6) is 0. The van der Waals surface area contributed by atoms with E-state index in [9.17, 15) is 13.2 Å². The third kappa shape index (κ3) is 4.20. The molecule has 0 radical (unpaired) electrons. The Bertz CT molecular complexity index is 871. The molecule has 0 saturated carbocycles. The van der Waals surface area contributed by atoms with Gasteiger partial charge < -0.3 is 10.6 Å². The van der Waals surface area contributed by atoms with E-state index in [1.807, 2.05) is 19.1 Å². The highest BCUT2D eigenvalue weighted by Crippen LogP contribution is 2.20. The Labute approximate surface area is 153 Å². The fourth-order valence-electron chi connectivity index (χ4n) is 2.92. The number of hydrogen-bond donors (Lipinski definition) is 2. The molecule has 2 N–H and O–H groups in total. The van der Waals surface area contributed by atoms with Crippen molar-refractivity contribution in [1.82, 2.24) is 19.9 Å². The molecule has 0 unspecified atom stereocenters. The largest absolute Gasteiger partial charge is 0.334 e. The number of amides is 2. The summed E-state index contributed by atoms with van der Waals surface area (Å²) >= 11 is 0. The van der Waals surface area contributed by atoms with Gasteiger partial charge >= 0.3 is 6.03 Å². The van der Waals surface area contributed by atoms with E-state index in [-0.39, 0.29) is 23.5 Å². The Morgan fingerprint density at radius 1 is 1.23 bits per heavy atom. The van der Waals surface area contributed by atoms with Crippen LogP contribution >= 0.6 is 0 Å². The van der Waals surface area contributed by atoms with Gasteiger partial charge in [0.1, 0.15) is 0 Å². The molecule has 1 saturated heterocycles. The van der Waals surface area contributed by atoms with Crippen LogP contribution in [0.5, 0.6) is 0 Å². The van der Waals surface area contributed by atoms with Gasteiger partial charge in [0.2, 0.25) is 10.0 Å². The average molecular weight is 374 g/mol. The zero-order chi connectivity index (χ0) is 18.6. The van der Waals surface area contributed by atoms with E-state index in [2.05, 4.69) is 15.6 Å². The summed E-state index contributed by atoms with van der Waals surface area (Å²) in [4.78, 5) is 16.6. The van der Waals surface area contributed by atoms with E-state index in [0.717, 1.165) is 11.3 Å². The molecule has 0 bridgehead atoms. The van der Waals surface area contributed by atoms with Crippen LogP contribution in [0.4, 0.5) is 4.79 Å². The number of hydrogen-bond acceptors (Lipinski definition) is 4. The number of rotatable bonds is 5. The fourth-order valence-corrected chi connectivity index (χ4v) is 4.44. The third-order valence-electron chi connectivity index (χ3n) is 4.42. The number of nitrogens with one attached hydrogen (secondary N) is 2. The predicted molar refractivity (Wildman–Crippen MR) is 98.0 cm³/mol. The summed E-state index contributed by atoms with van der Waals surface area (Å²) in [7, 11) is -3.51. The maximum Gasteiger partial charge on any atom is 0.315 e. The predicted octanol–water partition coefficient (Wildman–Crippen LogP) is 1.65. The Morgan fingerprint density at radius 2 is 2.00 bits per heavy atom. The van der Waals surface area contributed by atoms with Crippen LogP contribution in [-0.4, -0.2) is 42.9 Å². The smallest absolute Gasteiger partial charge is 0.315 e. The maximum absolute atomic E-state index is 12.6. The minimum Gasteiger partial charge on any atom is -0.334 e. The Kier molecular flexibility index (Phi) is 5.53. The first-order valence-electron chi connectivity index (χ1n) is 8.47. The first kappa shape index (κ1) is 18.3. The number of urea groups is 1. The number of carbonyl (C=O) groups is 1. The molecule has 138 valence electrons. The molecule has 2 aromatic rings. The lowest BCUT2D eigenvalue weighted by Crippen LogP contribution is -2.43. The van der Waals surface area contributed by atoms with Crippen molar-refractivity contribution in [3.63, 3.8) is 0 Å². The summed E-state index contributed by atoms with van der Waals surface area (Å²) in [6, 6.07) is 11.6. The van der Waals surface area contributed by atoms with Gasteiger partial charge in [0.25, 0.3) is 0 Å². The molecule has 0 spiro atoms. The minimum absolute atomic E-state index is 0.205. The van der Waals surface area contributed by atoms with Gasteiger partial charge in [-0.2, -0.15) is 4.31 Å². The normalized spacial score (nSPS) is 17.8. The van der Waals surface area contributed by atoms with Crippen LogP contribution in [0.15, 0.2) is 53.6 Å². The molecular formula is C18H22N4O3S. The van der Waals surface area contributed by atoms with Crippen LogP contribution in [0.1, 0.15) is 17.7 Å². The summed E-state index contributed by atoms with van der Waals surface area (Å²) in [6.07, 6.45) is 2.30. The highest BCUT2D eigenvalue weighted by atomic mass is 32.2. The fraction of sp³-hybridized carbons (Fsp3) is 0.333. The molecule has 7 nitrogen and oxygen atoms in total. The van der Waals surface area contributed by atoms with Crippen LogP contribution in [0.25, 0.3) is 0 Å². The number of nitrogens with zero attached hydrogens (tertiary/aromatic N) is 2. The third-order valence-corrected chi connectivity index (χ3v) is 6.30. The molecule has 1 fully saturated rings. The molecule has 1 aromatic heterocycles. The Balaban J connectivity index is 1.53. The maximum atomic E-state index is 12.6. The van der Waals surface area contributed by atoms with E-state index in [0.29, 0.717) is 19.5 Å². The molecule has 26 heavy (non-hydrogen) atoms. The number of pyridine rings is 1. The van der Waals surface area contributed by atoms with Crippen molar-refractivity contribution < 1.29 is 13.2 Å². The van der Waals surface area contributed by atoms with Crippen molar-refractivity contribution in [3.8, 4) is 0 Å². The van der Waals surface area contributed by atoms with E-state index in [4.69, 9.17) is 0 Å². The van der Waals surface area contributed by atoms with Crippen LogP contribution in [-0.2, 0) is 16.6 Å². The summed E-state index contributed by atoms with van der Waals surface area (Å²) in [6.45, 7) is 2.93. The van der Waals surface area contributed by atoms with Gasteiger partial charge in [-0.3, -0.25) is 4.98 Å². The first-order chi connectivity index (χ1) is 12.5. The zero-order valence-electron chi connectivity index (χ0n) is 14.6. The average Bonchev–Trinajstić information content (AvgIpc) is 3.11. The highest BCUT2D eigenvalue weighted by molar-refractivity contribution is 7.89. The summed E-state index contributed by atoms with van der Waals surface area (Å²) in [5, 5.41) is 5.64. The van der Waals surface area contributed by atoms with Gasteiger partial charge in [0.15, 0.2) is 0 Å². The topological polar surface area (TPSA) is 91.4 Å². The molecule has 1 atom stereocenters. The van der Waals surface area contributed by atoms with Crippen LogP contribution < -0.4 is 10.6 Å². The van der Waals surface area contributed by atoms with Crippen LogP contribution in [0.3, 0.4) is 0 Å². The molecule has 0 aliphatic carbocycles. The van der Waals surface area contributed by atoms with Crippen LogP contribution in [0, 0.1) is 6.92 Å². The lowest BCUT2D eigenvalue weighted by Gasteiger charge is -2.17. The van der Waals surface area contributed by atoms with Crippen molar-refractivity contribution in [2.45, 2.75) is 30.8 Å². The van der Waals surface area contributed by atoms with E-state index < -0.39 is 10.0 Å². The van der Waals surface area contributed by atoms with Gasteiger partial charge in [-0.1, -0.05) is 24.3 Å². The van der Waals surface area contributed by atoms with Gasteiger partial charge in [0.05, 0.1) is 4.90 Å². The second-order valence-corrected chi connectivity index (χ2v) is 8.17. The molecule has 8 heteroatoms. The van der Waals surface area contributed by atoms with Crippen molar-refractivity contribution in [1.29, 1.82) is 0 Å². The quantitative estimate of drug-likeness (QED) is 0.833. The highest BCUT2D eigenvalue weighted by Gasteiger charge is 2.33. The summed E-state index contributed by atoms with van der Waals surface area (Å²) < 4.78 is 26.6. The standard InChI is InChI=1S/C18H22N4O3S/c1-14-15(6-5-10-19-14)12-20-18(23)21-16-9-11-22(13-16)26(24,25)17-7-3-2-4-8-17/h2-8,10,16H,9,11-13H2,1H3,(H2,20,21,23)/t16-/m0/s1. The molecule has 2 amide bonds. The number of aryl methyl sites for hydroxylation is 1. The molecule has 3 rings (SSSR count). The second-order valence-electron chi connectivity index (χ2n) is 6.24. The SMILES string of the molecule is Cc1ncccc1CNC(=O)N[C@H]1CCN(S(=O)(=O)c2ccccc2)C1. The van der Waals surface area contributed by atoms with Gasteiger partial charge in [0, 0.05) is 37.6 Å².